The standard InChI is InChI=1S/C59H102O15/c1-3-5-7-9-11-13-15-17-19-21-23-25-27-29-31-33-35-37-39-41-50(61)69-44-47(72-51(62)42-40-38-36-34-32-30-28-26-24-22-20-18-16-14-12-10-8-6-4-2)45-70-58-57(68)55(66)53(64)49(74-58)46-71-59-56(67)54(65)52(63)48(43-60)73-59/h11,13,17,19,23,25,29,31,35,37,47-49,52-60,63-68H,3-10,12,14-16,18,20-22,24,26-28,30,32-34,36,38-46H2,1-2H3/b13-11+,19-17+,25-23+,31-29+,37-35+/t47-,48+,49+,52-,53-,54?,55?,56?,57?,58+,59+/m0/s1. The van der Waals surface area contributed by atoms with Crippen LogP contribution in [-0.4, -0.2) is 142 Å². The molecule has 74 heavy (non-hydrogen) atoms. The van der Waals surface area contributed by atoms with Crippen molar-refractivity contribution in [2.45, 2.75) is 274 Å². The van der Waals surface area contributed by atoms with Gasteiger partial charge in [0.2, 0.25) is 0 Å². The Labute approximate surface area is 445 Å². The van der Waals surface area contributed by atoms with Gasteiger partial charge in [0.15, 0.2) is 18.7 Å². The molecule has 4 unspecified atom stereocenters. The average molecular weight is 1050 g/mol. The van der Waals surface area contributed by atoms with Crippen molar-refractivity contribution < 1.29 is 73.8 Å². The summed E-state index contributed by atoms with van der Waals surface area (Å²) in [5.41, 5.74) is 0. The van der Waals surface area contributed by atoms with Gasteiger partial charge in [-0.15, -0.1) is 0 Å². The Balaban J connectivity index is 1.79. The molecular formula is C59H102O15. The number of aliphatic hydroxyl groups is 7. The van der Waals surface area contributed by atoms with Crippen LogP contribution in [0.5, 0.6) is 0 Å². The van der Waals surface area contributed by atoms with Gasteiger partial charge in [0.1, 0.15) is 55.4 Å². The summed E-state index contributed by atoms with van der Waals surface area (Å²) < 4.78 is 33.6. The number of hydrogen-bond donors (Lipinski definition) is 7. The topological polar surface area (TPSA) is 231 Å². The van der Waals surface area contributed by atoms with Crippen molar-refractivity contribution in [1.82, 2.24) is 0 Å². The van der Waals surface area contributed by atoms with E-state index in [1.165, 1.54) is 116 Å². The van der Waals surface area contributed by atoms with Crippen LogP contribution >= 0.6 is 0 Å². The molecule has 0 saturated carbocycles. The third-order valence-electron chi connectivity index (χ3n) is 13.5. The first-order chi connectivity index (χ1) is 36.0. The fraction of sp³-hybridized carbons (Fsp3) is 0.797. The van der Waals surface area contributed by atoms with Gasteiger partial charge in [-0.3, -0.25) is 9.59 Å². The molecule has 15 heteroatoms. The fourth-order valence-corrected chi connectivity index (χ4v) is 8.79. The highest BCUT2D eigenvalue weighted by Crippen LogP contribution is 2.27. The van der Waals surface area contributed by atoms with Crippen molar-refractivity contribution in [2.24, 2.45) is 0 Å². The van der Waals surface area contributed by atoms with Crippen LogP contribution in [0.4, 0.5) is 0 Å². The normalized spacial score (nSPS) is 25.1. The lowest BCUT2D eigenvalue weighted by molar-refractivity contribution is -0.332. The summed E-state index contributed by atoms with van der Waals surface area (Å²) in [6, 6.07) is 0. The Kier molecular flexibility index (Phi) is 41.2. The molecule has 2 heterocycles. The molecule has 2 aliphatic heterocycles. The first-order valence-corrected chi connectivity index (χ1v) is 28.9. The van der Waals surface area contributed by atoms with Crippen LogP contribution < -0.4 is 0 Å². The zero-order valence-electron chi connectivity index (χ0n) is 45.6. The Morgan fingerprint density at radius 3 is 1.32 bits per heavy atom. The lowest BCUT2D eigenvalue weighted by Gasteiger charge is -2.42. The third kappa shape index (κ3) is 32.1. The van der Waals surface area contributed by atoms with E-state index >= 15 is 0 Å². The minimum absolute atomic E-state index is 0.0939. The van der Waals surface area contributed by atoms with E-state index in [-0.39, 0.29) is 19.4 Å². The third-order valence-corrected chi connectivity index (χ3v) is 13.5. The zero-order chi connectivity index (χ0) is 53.9. The SMILES string of the molecule is CCCCC/C=C/C/C=C/C/C=C/C/C=C/C/C=C/CCC(=O)OC[C@@H](CO[C@@H]1O[C@H](CO[C@@H]2O[C@H](CO)[C@H](O)C(O)C2O)[C@H](O)C(O)C1O)OC(=O)CCCCCCCCCCCCCCCCCCCCC. The molecule has 0 radical (unpaired) electrons. The van der Waals surface area contributed by atoms with E-state index in [1.54, 1.807) is 0 Å². The molecule has 2 aliphatic rings. The summed E-state index contributed by atoms with van der Waals surface area (Å²) in [5, 5.41) is 72.3. The second kappa shape index (κ2) is 45.2. The zero-order valence-corrected chi connectivity index (χ0v) is 45.6. The molecular weight excluding hydrogens is 949 g/mol. The smallest absolute Gasteiger partial charge is 0.306 e. The van der Waals surface area contributed by atoms with E-state index in [4.69, 9.17) is 28.4 Å². The van der Waals surface area contributed by atoms with Crippen LogP contribution in [-0.2, 0) is 38.0 Å². The Hall–Kier alpha value is -2.80. The first-order valence-electron chi connectivity index (χ1n) is 28.9. The summed E-state index contributed by atoms with van der Waals surface area (Å²) in [6.45, 7) is 2.51. The average Bonchev–Trinajstić information content (AvgIpc) is 3.39. The monoisotopic (exact) mass is 1050 g/mol. The number of ether oxygens (including phenoxy) is 6. The van der Waals surface area contributed by atoms with Crippen molar-refractivity contribution in [1.29, 1.82) is 0 Å². The number of allylic oxidation sites excluding steroid dienone is 10. The van der Waals surface area contributed by atoms with Gasteiger partial charge in [0, 0.05) is 12.8 Å². The Bertz CT molecular complexity index is 1520. The van der Waals surface area contributed by atoms with Crippen LogP contribution in [0.25, 0.3) is 0 Å². The summed E-state index contributed by atoms with van der Waals surface area (Å²) in [5.74, 6) is -1.02. The molecule has 0 aromatic carbocycles. The number of carbonyl (C=O) groups excluding carboxylic acids is 2. The minimum Gasteiger partial charge on any atom is -0.462 e. The Morgan fingerprint density at radius 1 is 0.432 bits per heavy atom. The molecule has 0 aliphatic carbocycles. The summed E-state index contributed by atoms with van der Waals surface area (Å²) >= 11 is 0. The molecule has 0 spiro atoms. The van der Waals surface area contributed by atoms with Crippen LogP contribution in [0.3, 0.4) is 0 Å². The van der Waals surface area contributed by atoms with Crippen molar-refractivity contribution in [3.05, 3.63) is 60.8 Å². The van der Waals surface area contributed by atoms with Gasteiger partial charge in [-0.05, 0) is 51.4 Å². The maximum Gasteiger partial charge on any atom is 0.306 e. The molecule has 11 atom stereocenters. The van der Waals surface area contributed by atoms with Gasteiger partial charge in [-0.2, -0.15) is 0 Å². The first kappa shape index (κ1) is 67.3. The van der Waals surface area contributed by atoms with Gasteiger partial charge < -0.3 is 64.2 Å². The van der Waals surface area contributed by atoms with Crippen molar-refractivity contribution in [3.8, 4) is 0 Å². The maximum atomic E-state index is 13.1. The van der Waals surface area contributed by atoms with Gasteiger partial charge in [0.25, 0.3) is 0 Å². The molecule has 7 N–H and O–H groups in total. The second-order valence-corrected chi connectivity index (χ2v) is 20.1. The largest absolute Gasteiger partial charge is 0.462 e. The van der Waals surface area contributed by atoms with Crippen LogP contribution in [0, 0.1) is 0 Å². The molecule has 428 valence electrons. The molecule has 2 saturated heterocycles. The highest BCUT2D eigenvalue weighted by atomic mass is 16.7. The number of esters is 2. The second-order valence-electron chi connectivity index (χ2n) is 20.1. The van der Waals surface area contributed by atoms with E-state index in [1.807, 2.05) is 12.2 Å². The van der Waals surface area contributed by atoms with Crippen molar-refractivity contribution in [3.63, 3.8) is 0 Å². The van der Waals surface area contributed by atoms with Gasteiger partial charge in [-0.25, -0.2) is 0 Å². The van der Waals surface area contributed by atoms with Gasteiger partial charge >= 0.3 is 11.9 Å². The number of aliphatic hydroxyl groups excluding tert-OH is 7. The number of rotatable bonds is 45. The maximum absolute atomic E-state index is 13.1. The molecule has 0 aromatic rings. The Morgan fingerprint density at radius 2 is 0.838 bits per heavy atom. The van der Waals surface area contributed by atoms with Crippen molar-refractivity contribution in [2.75, 3.05) is 26.4 Å². The summed E-state index contributed by atoms with van der Waals surface area (Å²) in [6.07, 6.45) is 36.8. The van der Waals surface area contributed by atoms with Gasteiger partial charge in [0.05, 0.1) is 19.8 Å². The van der Waals surface area contributed by atoms with E-state index in [0.29, 0.717) is 12.8 Å². The number of hydrogen-bond acceptors (Lipinski definition) is 15. The predicted octanol–water partition coefficient (Wildman–Crippen LogP) is 9.61. The minimum atomic E-state index is -1.78. The van der Waals surface area contributed by atoms with E-state index in [2.05, 4.69) is 62.5 Å². The lowest BCUT2D eigenvalue weighted by atomic mass is 9.98. The van der Waals surface area contributed by atoms with Crippen LogP contribution in [0.1, 0.15) is 206 Å². The number of unbranched alkanes of at least 4 members (excludes halogenated alkanes) is 21. The lowest BCUT2D eigenvalue weighted by Crippen LogP contribution is -2.61. The van der Waals surface area contributed by atoms with E-state index in [9.17, 15) is 45.3 Å². The highest BCUT2D eigenvalue weighted by molar-refractivity contribution is 5.70. The van der Waals surface area contributed by atoms with E-state index < -0.39 is 99.3 Å². The molecule has 15 nitrogen and oxygen atoms in total. The fourth-order valence-electron chi connectivity index (χ4n) is 8.79. The summed E-state index contributed by atoms with van der Waals surface area (Å²) in [4.78, 5) is 25.8. The molecule has 0 amide bonds. The molecule has 2 rings (SSSR count). The van der Waals surface area contributed by atoms with Crippen LogP contribution in [0.2, 0.25) is 0 Å². The summed E-state index contributed by atoms with van der Waals surface area (Å²) in [7, 11) is 0. The van der Waals surface area contributed by atoms with Gasteiger partial charge in [-0.1, -0.05) is 203 Å². The van der Waals surface area contributed by atoms with Crippen molar-refractivity contribution >= 4 is 11.9 Å². The van der Waals surface area contributed by atoms with E-state index in [0.717, 1.165) is 51.4 Å². The molecule has 0 bridgehead atoms. The molecule has 2 fully saturated rings. The quantitative estimate of drug-likeness (QED) is 0.0171. The molecule has 0 aromatic heterocycles. The van der Waals surface area contributed by atoms with Crippen LogP contribution in [0.15, 0.2) is 60.8 Å². The highest BCUT2D eigenvalue weighted by Gasteiger charge is 2.47. The number of carbonyl (C=O) groups is 2. The predicted molar refractivity (Wildman–Crippen MR) is 289 cm³/mol.